The van der Waals surface area contributed by atoms with E-state index in [1.165, 1.54) is 0 Å². The van der Waals surface area contributed by atoms with Gasteiger partial charge in [0.1, 0.15) is 0 Å². The highest BCUT2D eigenvalue weighted by Gasteiger charge is 2.18. The monoisotopic (exact) mass is 183 g/mol. The summed E-state index contributed by atoms with van der Waals surface area (Å²) in [7, 11) is 2.06. The van der Waals surface area contributed by atoms with Crippen LogP contribution in [0.3, 0.4) is 0 Å². The van der Waals surface area contributed by atoms with Crippen molar-refractivity contribution in [2.24, 2.45) is 0 Å². The molecule has 0 aromatic rings. The number of allylic oxidation sites excluding steroid dienone is 1. The van der Waals surface area contributed by atoms with Gasteiger partial charge in [0.15, 0.2) is 5.78 Å². The van der Waals surface area contributed by atoms with Crippen LogP contribution in [-0.2, 0) is 9.53 Å². The molecule has 1 atom stereocenters. The highest BCUT2D eigenvalue weighted by atomic mass is 16.5. The number of carbonyl (C=O) groups excluding carboxylic acids is 1. The molecule has 0 aromatic heterocycles. The minimum atomic E-state index is 0.107. The van der Waals surface area contributed by atoms with E-state index < -0.39 is 0 Å². The van der Waals surface area contributed by atoms with E-state index in [-0.39, 0.29) is 5.78 Å². The van der Waals surface area contributed by atoms with E-state index in [4.69, 9.17) is 4.74 Å². The third-order valence-corrected chi connectivity index (χ3v) is 2.27. The number of rotatable bonds is 4. The van der Waals surface area contributed by atoms with E-state index in [0.717, 1.165) is 26.2 Å². The predicted molar refractivity (Wildman–Crippen MR) is 51.7 cm³/mol. The SMILES string of the molecule is CC(=O)/C=C/CN(C)[C@H]1CCOC1. The summed E-state index contributed by atoms with van der Waals surface area (Å²) in [6.07, 6.45) is 4.62. The Bertz CT molecular complexity index is 195. The average Bonchev–Trinajstić information content (AvgIpc) is 2.55. The molecule has 0 amide bonds. The summed E-state index contributed by atoms with van der Waals surface area (Å²) in [4.78, 5) is 12.8. The molecule has 1 heterocycles. The van der Waals surface area contributed by atoms with Crippen molar-refractivity contribution in [3.63, 3.8) is 0 Å². The Morgan fingerprint density at radius 1 is 1.69 bits per heavy atom. The summed E-state index contributed by atoms with van der Waals surface area (Å²) in [5, 5.41) is 0. The second-order valence-electron chi connectivity index (χ2n) is 3.47. The van der Waals surface area contributed by atoms with Gasteiger partial charge in [0.2, 0.25) is 0 Å². The quantitative estimate of drug-likeness (QED) is 0.605. The zero-order chi connectivity index (χ0) is 9.68. The molecule has 3 heteroatoms. The van der Waals surface area contributed by atoms with Crippen LogP contribution < -0.4 is 0 Å². The highest BCUT2D eigenvalue weighted by molar-refractivity contribution is 5.87. The van der Waals surface area contributed by atoms with E-state index in [1.54, 1.807) is 13.0 Å². The second-order valence-corrected chi connectivity index (χ2v) is 3.47. The van der Waals surface area contributed by atoms with Gasteiger partial charge < -0.3 is 4.74 Å². The second kappa shape index (κ2) is 5.14. The molecule has 0 aromatic carbocycles. The van der Waals surface area contributed by atoms with Crippen molar-refractivity contribution in [2.45, 2.75) is 19.4 Å². The lowest BCUT2D eigenvalue weighted by Crippen LogP contribution is -2.31. The molecule has 1 saturated heterocycles. The molecule has 1 aliphatic rings. The standard InChI is InChI=1S/C10H17NO2/c1-9(12)4-3-6-11(2)10-5-7-13-8-10/h3-4,10H,5-8H2,1-2H3/b4-3+/t10-/m0/s1. The fourth-order valence-corrected chi connectivity index (χ4v) is 1.40. The third-order valence-electron chi connectivity index (χ3n) is 2.27. The third kappa shape index (κ3) is 3.70. The van der Waals surface area contributed by atoms with Gasteiger partial charge in [0.25, 0.3) is 0 Å². The summed E-state index contributed by atoms with van der Waals surface area (Å²) < 4.78 is 5.27. The summed E-state index contributed by atoms with van der Waals surface area (Å²) >= 11 is 0. The molecule has 13 heavy (non-hydrogen) atoms. The van der Waals surface area contributed by atoms with Crippen LogP contribution in [0.5, 0.6) is 0 Å². The lowest BCUT2D eigenvalue weighted by atomic mass is 10.2. The maximum Gasteiger partial charge on any atom is 0.152 e. The van der Waals surface area contributed by atoms with Crippen LogP contribution >= 0.6 is 0 Å². The smallest absolute Gasteiger partial charge is 0.152 e. The number of ketones is 1. The summed E-state index contributed by atoms with van der Waals surface area (Å²) in [5.74, 6) is 0.107. The van der Waals surface area contributed by atoms with Gasteiger partial charge in [0, 0.05) is 19.2 Å². The zero-order valence-electron chi connectivity index (χ0n) is 8.32. The molecule has 3 nitrogen and oxygen atoms in total. The largest absolute Gasteiger partial charge is 0.380 e. The van der Waals surface area contributed by atoms with Crippen LogP contribution in [0.25, 0.3) is 0 Å². The van der Waals surface area contributed by atoms with Crippen molar-refractivity contribution >= 4 is 5.78 Å². The normalized spacial score (nSPS) is 23.2. The van der Waals surface area contributed by atoms with Gasteiger partial charge in [-0.25, -0.2) is 0 Å². The van der Waals surface area contributed by atoms with Crippen molar-refractivity contribution < 1.29 is 9.53 Å². The molecular formula is C10H17NO2. The van der Waals surface area contributed by atoms with Crippen molar-refractivity contribution in [1.29, 1.82) is 0 Å². The maximum absolute atomic E-state index is 10.6. The van der Waals surface area contributed by atoms with E-state index >= 15 is 0 Å². The van der Waals surface area contributed by atoms with Crippen molar-refractivity contribution in [1.82, 2.24) is 4.90 Å². The van der Waals surface area contributed by atoms with Gasteiger partial charge in [-0.1, -0.05) is 6.08 Å². The van der Waals surface area contributed by atoms with Gasteiger partial charge in [-0.15, -0.1) is 0 Å². The first-order valence-corrected chi connectivity index (χ1v) is 4.65. The Kier molecular flexibility index (Phi) is 4.12. The minimum absolute atomic E-state index is 0.107. The molecule has 0 bridgehead atoms. The number of likely N-dealkylation sites (N-methyl/N-ethyl adjacent to an activating group) is 1. The number of carbonyl (C=O) groups is 1. The van der Waals surface area contributed by atoms with E-state index in [2.05, 4.69) is 11.9 Å². The average molecular weight is 183 g/mol. The first-order valence-electron chi connectivity index (χ1n) is 4.65. The molecule has 0 radical (unpaired) electrons. The van der Waals surface area contributed by atoms with Gasteiger partial charge >= 0.3 is 0 Å². The van der Waals surface area contributed by atoms with Crippen LogP contribution in [0.4, 0.5) is 0 Å². The molecule has 1 fully saturated rings. The van der Waals surface area contributed by atoms with Crippen molar-refractivity contribution in [2.75, 3.05) is 26.8 Å². The zero-order valence-corrected chi connectivity index (χ0v) is 8.32. The number of nitrogens with zero attached hydrogens (tertiary/aromatic N) is 1. The maximum atomic E-state index is 10.6. The molecule has 0 aliphatic carbocycles. The number of hydrogen-bond donors (Lipinski definition) is 0. The van der Waals surface area contributed by atoms with Crippen molar-refractivity contribution in [3.8, 4) is 0 Å². The number of ether oxygens (including phenoxy) is 1. The lowest BCUT2D eigenvalue weighted by Gasteiger charge is -2.20. The van der Waals surface area contributed by atoms with Gasteiger partial charge in [-0.05, 0) is 26.5 Å². The van der Waals surface area contributed by atoms with Crippen LogP contribution in [-0.4, -0.2) is 43.5 Å². The van der Waals surface area contributed by atoms with Crippen LogP contribution in [0, 0.1) is 0 Å². The Morgan fingerprint density at radius 3 is 3.00 bits per heavy atom. The van der Waals surface area contributed by atoms with E-state index in [1.807, 2.05) is 6.08 Å². The predicted octanol–water partition coefficient (Wildman–Crippen LogP) is 0.852. The Balaban J connectivity index is 2.23. The summed E-state index contributed by atoms with van der Waals surface area (Å²) in [6, 6.07) is 0.525. The number of hydrogen-bond acceptors (Lipinski definition) is 3. The minimum Gasteiger partial charge on any atom is -0.380 e. The topological polar surface area (TPSA) is 29.5 Å². The first-order chi connectivity index (χ1) is 6.20. The summed E-state index contributed by atoms with van der Waals surface area (Å²) in [6.45, 7) is 4.08. The Labute approximate surface area is 79.4 Å². The molecule has 0 N–H and O–H groups in total. The summed E-state index contributed by atoms with van der Waals surface area (Å²) in [5.41, 5.74) is 0. The molecule has 0 spiro atoms. The first kappa shape index (κ1) is 10.4. The molecule has 1 aliphatic heterocycles. The molecule has 74 valence electrons. The molecule has 1 rings (SSSR count). The van der Waals surface area contributed by atoms with Gasteiger partial charge in [-0.2, -0.15) is 0 Å². The lowest BCUT2D eigenvalue weighted by molar-refractivity contribution is -0.112. The molecular weight excluding hydrogens is 166 g/mol. The molecule has 0 unspecified atom stereocenters. The highest BCUT2D eigenvalue weighted by Crippen LogP contribution is 2.09. The Hall–Kier alpha value is -0.670. The molecule has 0 saturated carbocycles. The van der Waals surface area contributed by atoms with Crippen LogP contribution in [0.15, 0.2) is 12.2 Å². The van der Waals surface area contributed by atoms with E-state index in [9.17, 15) is 4.79 Å². The fourth-order valence-electron chi connectivity index (χ4n) is 1.40. The van der Waals surface area contributed by atoms with Crippen molar-refractivity contribution in [3.05, 3.63) is 12.2 Å². The van der Waals surface area contributed by atoms with Crippen LogP contribution in [0.2, 0.25) is 0 Å². The van der Waals surface area contributed by atoms with E-state index in [0.29, 0.717) is 6.04 Å². The van der Waals surface area contributed by atoms with Gasteiger partial charge in [-0.3, -0.25) is 9.69 Å². The van der Waals surface area contributed by atoms with Gasteiger partial charge in [0.05, 0.1) is 6.61 Å². The fraction of sp³-hybridized carbons (Fsp3) is 0.700. The Morgan fingerprint density at radius 2 is 2.46 bits per heavy atom. The van der Waals surface area contributed by atoms with Crippen LogP contribution in [0.1, 0.15) is 13.3 Å².